The summed E-state index contributed by atoms with van der Waals surface area (Å²) < 4.78 is 0. The van der Waals surface area contributed by atoms with Gasteiger partial charge in [0.15, 0.2) is 0 Å². The highest BCUT2D eigenvalue weighted by Crippen LogP contribution is 2.55. The van der Waals surface area contributed by atoms with E-state index in [1.54, 1.807) is 40.1 Å². The van der Waals surface area contributed by atoms with Crippen molar-refractivity contribution >= 4 is 34.8 Å². The zero-order chi connectivity index (χ0) is 25.9. The zero-order valence-corrected chi connectivity index (χ0v) is 20.7. The molecule has 3 aliphatic rings. The van der Waals surface area contributed by atoms with Crippen molar-refractivity contribution in [1.82, 2.24) is 4.90 Å². The van der Waals surface area contributed by atoms with Crippen molar-refractivity contribution in [3.05, 3.63) is 117 Å². The highest BCUT2D eigenvalue weighted by atomic mass is 35.5. The summed E-state index contributed by atoms with van der Waals surface area (Å²) in [5.74, 6) is -0.643. The van der Waals surface area contributed by atoms with Crippen LogP contribution in [0, 0.1) is 18.3 Å². The second-order valence-electron chi connectivity index (χ2n) is 9.41. The third-order valence-corrected chi connectivity index (χ3v) is 7.48. The molecule has 0 saturated carbocycles. The van der Waals surface area contributed by atoms with Crippen LogP contribution in [-0.4, -0.2) is 23.3 Å². The number of carbonyl (C=O) groups excluding carboxylic acids is 2. The Morgan fingerprint density at radius 1 is 1.08 bits per heavy atom. The van der Waals surface area contributed by atoms with Crippen molar-refractivity contribution in [2.75, 3.05) is 16.8 Å². The van der Waals surface area contributed by atoms with Gasteiger partial charge in [0.1, 0.15) is 17.3 Å². The van der Waals surface area contributed by atoms with Gasteiger partial charge in [-0.05, 0) is 42.8 Å². The molecule has 0 radical (unpaired) electrons. The van der Waals surface area contributed by atoms with Crippen molar-refractivity contribution in [2.45, 2.75) is 18.9 Å². The van der Waals surface area contributed by atoms with Crippen LogP contribution in [0.5, 0.6) is 0 Å². The number of nitrogens with one attached hydrogen (secondary N) is 1. The van der Waals surface area contributed by atoms with Crippen LogP contribution < -0.4 is 16.0 Å². The van der Waals surface area contributed by atoms with Gasteiger partial charge in [0.25, 0.3) is 5.91 Å². The maximum absolute atomic E-state index is 14.2. The lowest BCUT2D eigenvalue weighted by atomic mass is 9.67. The monoisotopic (exact) mass is 507 g/mol. The molecule has 0 fully saturated rings. The number of nitrogens with zero attached hydrogens (tertiary/aromatic N) is 3. The molecule has 1 spiro atoms. The van der Waals surface area contributed by atoms with Crippen molar-refractivity contribution in [2.24, 2.45) is 5.73 Å². The normalized spacial score (nSPS) is 20.4. The number of halogens is 1. The van der Waals surface area contributed by atoms with Gasteiger partial charge in [-0.25, -0.2) is 0 Å². The van der Waals surface area contributed by atoms with Crippen LogP contribution >= 0.6 is 11.6 Å². The maximum atomic E-state index is 14.2. The number of benzene rings is 3. The lowest BCUT2D eigenvalue weighted by molar-refractivity contribution is -0.128. The Bertz CT molecular complexity index is 1590. The fraction of sp³-hybridized carbons (Fsp3) is 0.138. The molecule has 3 aromatic rings. The van der Waals surface area contributed by atoms with Gasteiger partial charge < -0.3 is 16.0 Å². The second kappa shape index (κ2) is 8.26. The number of amides is 2. The topological polar surface area (TPSA) is 102 Å². The molecule has 3 heterocycles. The number of carbonyl (C=O) groups is 2. The second-order valence-corrected chi connectivity index (χ2v) is 9.84. The molecule has 182 valence electrons. The molecule has 0 saturated heterocycles. The van der Waals surface area contributed by atoms with Crippen LogP contribution in [0.4, 0.5) is 11.4 Å². The molecule has 7 nitrogen and oxygen atoms in total. The minimum Gasteiger partial charge on any atom is -0.384 e. The fourth-order valence-corrected chi connectivity index (χ4v) is 5.74. The third kappa shape index (κ3) is 3.19. The molecule has 6 rings (SSSR count). The van der Waals surface area contributed by atoms with E-state index in [2.05, 4.69) is 11.4 Å². The number of hydrogen-bond acceptors (Lipinski definition) is 5. The Balaban J connectivity index is 1.61. The van der Waals surface area contributed by atoms with E-state index in [1.165, 1.54) is 0 Å². The van der Waals surface area contributed by atoms with Crippen LogP contribution in [0.3, 0.4) is 0 Å². The van der Waals surface area contributed by atoms with Gasteiger partial charge in [-0.3, -0.25) is 14.5 Å². The summed E-state index contributed by atoms with van der Waals surface area (Å²) in [5, 5.41) is 13.9. The number of fused-ring (bicyclic) bond motifs is 3. The Morgan fingerprint density at radius 2 is 1.81 bits per heavy atom. The summed E-state index contributed by atoms with van der Waals surface area (Å²) in [5.41, 5.74) is 9.57. The van der Waals surface area contributed by atoms with E-state index in [0.717, 1.165) is 11.1 Å². The summed E-state index contributed by atoms with van der Waals surface area (Å²) in [4.78, 5) is 31.5. The van der Waals surface area contributed by atoms with Gasteiger partial charge in [0.05, 0.1) is 23.4 Å². The average Bonchev–Trinajstić information content (AvgIpc) is 3.35. The molecule has 0 aliphatic carbocycles. The van der Waals surface area contributed by atoms with E-state index in [4.69, 9.17) is 17.3 Å². The SMILES string of the molecule is Cc1ccc2c(c1)C1(C(=O)N2)C(C#N)=C(N)N(c2ccc(Cl)cc2)C2=C1C(=O)N(Cc1ccccc1)C2. The van der Waals surface area contributed by atoms with E-state index < -0.39 is 11.3 Å². The van der Waals surface area contributed by atoms with E-state index >= 15 is 0 Å². The van der Waals surface area contributed by atoms with Gasteiger partial charge in [0, 0.05) is 28.5 Å². The Labute approximate surface area is 219 Å². The highest BCUT2D eigenvalue weighted by molar-refractivity contribution is 6.30. The predicted octanol–water partition coefficient (Wildman–Crippen LogP) is 4.35. The largest absolute Gasteiger partial charge is 0.384 e. The first-order chi connectivity index (χ1) is 17.9. The maximum Gasteiger partial charge on any atom is 0.254 e. The summed E-state index contributed by atoms with van der Waals surface area (Å²) >= 11 is 6.14. The van der Waals surface area contributed by atoms with Gasteiger partial charge in [-0.1, -0.05) is 59.6 Å². The summed E-state index contributed by atoms with van der Waals surface area (Å²) in [6.45, 7) is 2.48. The molecule has 8 heteroatoms. The molecular weight excluding hydrogens is 486 g/mol. The summed E-state index contributed by atoms with van der Waals surface area (Å²) in [6, 6.07) is 24.4. The van der Waals surface area contributed by atoms with Crippen LogP contribution in [0.15, 0.2) is 95.5 Å². The Morgan fingerprint density at radius 3 is 2.51 bits per heavy atom. The lowest BCUT2D eigenvalue weighted by Crippen LogP contribution is -2.48. The summed E-state index contributed by atoms with van der Waals surface area (Å²) in [6.07, 6.45) is 0. The molecule has 0 bridgehead atoms. The fourth-order valence-electron chi connectivity index (χ4n) is 5.62. The van der Waals surface area contributed by atoms with Gasteiger partial charge in [-0.2, -0.15) is 5.26 Å². The molecule has 1 atom stereocenters. The lowest BCUT2D eigenvalue weighted by Gasteiger charge is -2.39. The van der Waals surface area contributed by atoms with Gasteiger partial charge in [0.2, 0.25) is 5.91 Å². The number of nitrogens with two attached hydrogens (primary N) is 1. The minimum absolute atomic E-state index is 0.0259. The van der Waals surface area contributed by atoms with E-state index in [9.17, 15) is 14.9 Å². The van der Waals surface area contributed by atoms with Crippen LogP contribution in [0.1, 0.15) is 16.7 Å². The van der Waals surface area contributed by atoms with Crippen molar-refractivity contribution in [1.29, 1.82) is 5.26 Å². The van der Waals surface area contributed by atoms with Crippen molar-refractivity contribution in [3.8, 4) is 6.07 Å². The van der Waals surface area contributed by atoms with Crippen LogP contribution in [-0.2, 0) is 21.5 Å². The standard InChI is InChI=1S/C29H22ClN5O2/c1-17-7-12-23-21(13-17)29(28(37)33-23)22(14-31)26(32)35(20-10-8-19(30)9-11-20)24-16-34(27(36)25(24)29)15-18-5-3-2-4-6-18/h2-13H,15-16,32H2,1H3,(H,33,37). The third-order valence-electron chi connectivity index (χ3n) is 7.23. The van der Waals surface area contributed by atoms with Crippen LogP contribution in [0.25, 0.3) is 0 Å². The number of anilines is 2. The number of hydrogen-bond donors (Lipinski definition) is 2. The average molecular weight is 508 g/mol. The first kappa shape index (κ1) is 22.9. The van der Waals surface area contributed by atoms with Crippen LogP contribution in [0.2, 0.25) is 5.02 Å². The molecule has 3 aliphatic heterocycles. The molecule has 3 aromatic carbocycles. The van der Waals surface area contributed by atoms with E-state index in [1.807, 2.05) is 49.4 Å². The van der Waals surface area contributed by atoms with Crippen molar-refractivity contribution < 1.29 is 9.59 Å². The first-order valence-electron chi connectivity index (χ1n) is 11.8. The number of nitriles is 1. The minimum atomic E-state index is -1.64. The molecule has 1 unspecified atom stereocenters. The highest BCUT2D eigenvalue weighted by Gasteiger charge is 2.62. The molecule has 3 N–H and O–H groups in total. The predicted molar refractivity (Wildman–Crippen MR) is 141 cm³/mol. The van der Waals surface area contributed by atoms with Crippen molar-refractivity contribution in [3.63, 3.8) is 0 Å². The molecular formula is C29H22ClN5O2. The molecule has 37 heavy (non-hydrogen) atoms. The number of rotatable bonds is 3. The van der Waals surface area contributed by atoms with E-state index in [-0.39, 0.29) is 29.4 Å². The van der Waals surface area contributed by atoms with Gasteiger partial charge in [-0.15, -0.1) is 0 Å². The zero-order valence-electron chi connectivity index (χ0n) is 20.0. The smallest absolute Gasteiger partial charge is 0.254 e. The Hall–Kier alpha value is -4.54. The quantitative estimate of drug-likeness (QED) is 0.548. The first-order valence-corrected chi connectivity index (χ1v) is 12.2. The summed E-state index contributed by atoms with van der Waals surface area (Å²) in [7, 11) is 0. The number of aryl methyl sites for hydroxylation is 1. The molecule has 0 aromatic heterocycles. The van der Waals surface area contributed by atoms with E-state index in [0.29, 0.717) is 34.2 Å². The molecule has 2 amide bonds. The van der Waals surface area contributed by atoms with Gasteiger partial charge >= 0.3 is 0 Å². The Kier molecular flexibility index (Phi) is 5.11.